The van der Waals surface area contributed by atoms with Gasteiger partial charge in [0.2, 0.25) is 0 Å². The van der Waals surface area contributed by atoms with Crippen LogP contribution in [0.3, 0.4) is 0 Å². The zero-order valence-electron chi connectivity index (χ0n) is 8.77. The third-order valence-corrected chi connectivity index (χ3v) is 2.52. The molecule has 0 saturated heterocycles. The Morgan fingerprint density at radius 2 is 2.33 bits per heavy atom. The first kappa shape index (κ1) is 9.71. The lowest BCUT2D eigenvalue weighted by atomic mass is 9.87. The first-order valence-corrected chi connectivity index (χ1v) is 4.96. The molecule has 1 aromatic rings. The summed E-state index contributed by atoms with van der Waals surface area (Å²) >= 11 is 0. The average molecular weight is 198 g/mol. The number of hydrogen-bond donors (Lipinski definition) is 1. The smallest absolute Gasteiger partial charge is 0.0861 e. The van der Waals surface area contributed by atoms with Gasteiger partial charge in [-0.2, -0.15) is 0 Å². The Balaban J connectivity index is 2.36. The molecule has 1 aromatic heterocycles. The van der Waals surface area contributed by atoms with Crippen molar-refractivity contribution in [2.24, 2.45) is 5.41 Å². The summed E-state index contributed by atoms with van der Waals surface area (Å²) < 4.78 is 0. The molecule has 2 heteroatoms. The van der Waals surface area contributed by atoms with Gasteiger partial charge in [-0.1, -0.05) is 18.2 Å². The van der Waals surface area contributed by atoms with E-state index >= 15 is 0 Å². The number of hydrogen-bond acceptors (Lipinski definition) is 2. The van der Waals surface area contributed by atoms with Crippen LogP contribution in [-0.2, 0) is 0 Å². The largest absolute Gasteiger partial charge is 0.360 e. The third kappa shape index (κ3) is 1.99. The first-order chi connectivity index (χ1) is 7.23. The van der Waals surface area contributed by atoms with Crippen molar-refractivity contribution in [3.63, 3.8) is 0 Å². The number of rotatable bonds is 2. The Morgan fingerprint density at radius 3 is 3.00 bits per heavy atom. The highest BCUT2D eigenvalue weighted by molar-refractivity contribution is 5.64. The van der Waals surface area contributed by atoms with Crippen molar-refractivity contribution in [2.75, 3.05) is 0 Å². The molecule has 1 atom stereocenters. The summed E-state index contributed by atoms with van der Waals surface area (Å²) in [7, 11) is 0. The molecule has 15 heavy (non-hydrogen) atoms. The Morgan fingerprint density at radius 1 is 1.47 bits per heavy atom. The molecular formula is C13H14N2. The molecule has 0 saturated carbocycles. The van der Waals surface area contributed by atoms with Crippen molar-refractivity contribution in [3.05, 3.63) is 61.1 Å². The quantitative estimate of drug-likeness (QED) is 0.739. The van der Waals surface area contributed by atoms with Crippen LogP contribution in [-0.4, -0.2) is 4.98 Å². The molecule has 0 fully saturated rings. The SMILES string of the molecule is C=CC1(C)C=CNC(c2ccccn2)=C1. The summed E-state index contributed by atoms with van der Waals surface area (Å²) in [6, 6.07) is 5.88. The second-order valence-electron chi connectivity index (χ2n) is 3.82. The van der Waals surface area contributed by atoms with Gasteiger partial charge in [0.05, 0.1) is 11.4 Å². The molecule has 2 nitrogen and oxygen atoms in total. The molecule has 2 rings (SSSR count). The molecule has 0 amide bonds. The van der Waals surface area contributed by atoms with Crippen molar-refractivity contribution in [2.45, 2.75) is 6.92 Å². The van der Waals surface area contributed by atoms with Gasteiger partial charge in [0.25, 0.3) is 0 Å². The topological polar surface area (TPSA) is 24.9 Å². The molecule has 0 aliphatic carbocycles. The minimum atomic E-state index is -0.0852. The Kier molecular flexibility index (Phi) is 2.42. The number of aromatic nitrogens is 1. The van der Waals surface area contributed by atoms with Gasteiger partial charge in [-0.15, -0.1) is 6.58 Å². The summed E-state index contributed by atoms with van der Waals surface area (Å²) in [5.74, 6) is 0. The van der Waals surface area contributed by atoms with E-state index in [4.69, 9.17) is 0 Å². The second kappa shape index (κ2) is 3.73. The predicted octanol–water partition coefficient (Wildman–Crippen LogP) is 2.73. The van der Waals surface area contributed by atoms with Crippen LogP contribution in [0, 0.1) is 5.41 Å². The fourth-order valence-corrected chi connectivity index (χ4v) is 1.51. The van der Waals surface area contributed by atoms with E-state index in [1.165, 1.54) is 0 Å². The lowest BCUT2D eigenvalue weighted by molar-refractivity contribution is 0.700. The number of pyridine rings is 1. The highest BCUT2D eigenvalue weighted by Gasteiger charge is 2.18. The third-order valence-electron chi connectivity index (χ3n) is 2.52. The van der Waals surface area contributed by atoms with Crippen LogP contribution >= 0.6 is 0 Å². The molecule has 0 bridgehead atoms. The van der Waals surface area contributed by atoms with Crippen LogP contribution < -0.4 is 5.32 Å². The van der Waals surface area contributed by atoms with Gasteiger partial charge in [-0.05, 0) is 31.3 Å². The second-order valence-corrected chi connectivity index (χ2v) is 3.82. The molecule has 1 aliphatic heterocycles. The summed E-state index contributed by atoms with van der Waals surface area (Å²) in [5, 5.41) is 3.20. The van der Waals surface area contributed by atoms with Crippen molar-refractivity contribution < 1.29 is 0 Å². The maximum absolute atomic E-state index is 4.30. The van der Waals surface area contributed by atoms with E-state index in [0.717, 1.165) is 11.4 Å². The number of nitrogens with zero attached hydrogens (tertiary/aromatic N) is 1. The summed E-state index contributed by atoms with van der Waals surface area (Å²) in [4.78, 5) is 4.30. The lowest BCUT2D eigenvalue weighted by Gasteiger charge is -2.23. The zero-order chi connectivity index (χ0) is 10.7. The van der Waals surface area contributed by atoms with Crippen molar-refractivity contribution in [1.29, 1.82) is 0 Å². The lowest BCUT2D eigenvalue weighted by Crippen LogP contribution is -2.18. The number of dihydropyridines is 1. The molecule has 1 unspecified atom stereocenters. The molecule has 1 N–H and O–H groups in total. The van der Waals surface area contributed by atoms with Gasteiger partial charge < -0.3 is 5.32 Å². The number of nitrogens with one attached hydrogen (secondary N) is 1. The first-order valence-electron chi connectivity index (χ1n) is 4.96. The van der Waals surface area contributed by atoms with Crippen LogP contribution in [0.5, 0.6) is 0 Å². The summed E-state index contributed by atoms with van der Waals surface area (Å²) in [5.41, 5.74) is 1.90. The van der Waals surface area contributed by atoms with Crippen molar-refractivity contribution in [3.8, 4) is 0 Å². The van der Waals surface area contributed by atoms with Gasteiger partial charge in [-0.3, -0.25) is 4.98 Å². The molecule has 0 aromatic carbocycles. The fraction of sp³-hybridized carbons (Fsp3) is 0.154. The van der Waals surface area contributed by atoms with Gasteiger partial charge in [0.15, 0.2) is 0 Å². The zero-order valence-corrected chi connectivity index (χ0v) is 8.77. The van der Waals surface area contributed by atoms with Gasteiger partial charge in [0, 0.05) is 11.6 Å². The van der Waals surface area contributed by atoms with E-state index in [1.807, 2.05) is 30.5 Å². The fourth-order valence-electron chi connectivity index (χ4n) is 1.51. The monoisotopic (exact) mass is 198 g/mol. The standard InChI is InChI=1S/C13H14N2/c1-3-13(2)7-9-15-12(10-13)11-6-4-5-8-14-11/h3-10,15H,1H2,2H3. The van der Waals surface area contributed by atoms with Gasteiger partial charge >= 0.3 is 0 Å². The minimum Gasteiger partial charge on any atom is -0.360 e. The molecule has 0 radical (unpaired) electrons. The Hall–Kier alpha value is -1.83. The van der Waals surface area contributed by atoms with Crippen LogP contribution in [0.25, 0.3) is 5.70 Å². The van der Waals surface area contributed by atoms with E-state index in [2.05, 4.69) is 36.0 Å². The average Bonchev–Trinajstić information content (AvgIpc) is 2.30. The highest BCUT2D eigenvalue weighted by atomic mass is 14.9. The van der Waals surface area contributed by atoms with Crippen molar-refractivity contribution >= 4 is 5.70 Å². The van der Waals surface area contributed by atoms with E-state index in [-0.39, 0.29) is 5.41 Å². The van der Waals surface area contributed by atoms with E-state index in [9.17, 15) is 0 Å². The van der Waals surface area contributed by atoms with Gasteiger partial charge in [0.1, 0.15) is 0 Å². The van der Waals surface area contributed by atoms with E-state index < -0.39 is 0 Å². The van der Waals surface area contributed by atoms with Crippen LogP contribution in [0.15, 0.2) is 55.4 Å². The van der Waals surface area contributed by atoms with E-state index in [0.29, 0.717) is 0 Å². The summed E-state index contributed by atoms with van der Waals surface area (Å²) in [6.45, 7) is 5.95. The molecule has 76 valence electrons. The minimum absolute atomic E-state index is 0.0852. The maximum Gasteiger partial charge on any atom is 0.0861 e. The van der Waals surface area contributed by atoms with E-state index in [1.54, 1.807) is 6.20 Å². The Bertz CT molecular complexity index is 417. The van der Waals surface area contributed by atoms with Crippen LogP contribution in [0.1, 0.15) is 12.6 Å². The molecule has 1 aliphatic rings. The summed E-state index contributed by atoms with van der Waals surface area (Å²) in [6.07, 6.45) is 9.86. The van der Waals surface area contributed by atoms with Gasteiger partial charge in [-0.25, -0.2) is 0 Å². The van der Waals surface area contributed by atoms with Crippen LogP contribution in [0.2, 0.25) is 0 Å². The maximum atomic E-state index is 4.30. The highest BCUT2D eigenvalue weighted by Crippen LogP contribution is 2.28. The normalized spacial score (nSPS) is 24.2. The molecular weight excluding hydrogens is 184 g/mol. The molecule has 2 heterocycles. The predicted molar refractivity (Wildman–Crippen MR) is 62.8 cm³/mol. The Labute approximate surface area is 90.0 Å². The van der Waals surface area contributed by atoms with Crippen molar-refractivity contribution in [1.82, 2.24) is 10.3 Å². The molecule has 0 spiro atoms. The number of allylic oxidation sites excluding steroid dienone is 3. The van der Waals surface area contributed by atoms with Crippen LogP contribution in [0.4, 0.5) is 0 Å².